The molecule has 3 N–H and O–H groups in total. The Bertz CT molecular complexity index is 1170. The number of nitrogens with one attached hydrogen (secondary N) is 2. The zero-order valence-corrected chi connectivity index (χ0v) is 18.5. The first-order valence-electron chi connectivity index (χ1n) is 11.2. The van der Waals surface area contributed by atoms with E-state index in [-0.39, 0.29) is 29.9 Å². The van der Waals surface area contributed by atoms with E-state index in [4.69, 9.17) is 0 Å². The Morgan fingerprint density at radius 2 is 1.94 bits per heavy atom. The molecular formula is C25H27FN4O3. The van der Waals surface area contributed by atoms with Crippen molar-refractivity contribution in [3.63, 3.8) is 0 Å². The molecule has 2 amide bonds. The van der Waals surface area contributed by atoms with E-state index in [1.165, 1.54) is 22.9 Å². The van der Waals surface area contributed by atoms with Gasteiger partial charge in [0.15, 0.2) is 0 Å². The number of halogens is 1. The molecule has 1 fully saturated rings. The number of nitrogens with zero attached hydrogens (tertiary/aromatic N) is 2. The molecule has 4 rings (SSSR count). The van der Waals surface area contributed by atoms with Crippen molar-refractivity contribution >= 4 is 17.6 Å². The number of carbonyl (C=O) groups excluding carboxylic acids is 2. The summed E-state index contributed by atoms with van der Waals surface area (Å²) < 4.78 is 14.8. The normalized spacial score (nSPS) is 13.8. The summed E-state index contributed by atoms with van der Waals surface area (Å²) >= 11 is 0. The van der Waals surface area contributed by atoms with Gasteiger partial charge in [-0.25, -0.2) is 9.18 Å². The summed E-state index contributed by atoms with van der Waals surface area (Å²) in [7, 11) is 0. The van der Waals surface area contributed by atoms with E-state index in [0.717, 1.165) is 31.4 Å². The molecular weight excluding hydrogens is 423 g/mol. The molecule has 1 aromatic heterocycles. The van der Waals surface area contributed by atoms with Crippen LogP contribution >= 0.6 is 0 Å². The van der Waals surface area contributed by atoms with Crippen molar-refractivity contribution in [2.75, 3.05) is 5.32 Å². The van der Waals surface area contributed by atoms with Crippen LogP contribution < -0.4 is 10.6 Å². The van der Waals surface area contributed by atoms with Crippen molar-refractivity contribution < 1.29 is 19.1 Å². The van der Waals surface area contributed by atoms with E-state index in [2.05, 4.69) is 15.7 Å². The summed E-state index contributed by atoms with van der Waals surface area (Å²) in [5.74, 6) is -0.301. The third kappa shape index (κ3) is 5.22. The fourth-order valence-electron chi connectivity index (χ4n) is 4.17. The number of phenols is 1. The molecule has 0 aliphatic heterocycles. The smallest absolute Gasteiger partial charge is 0.342 e. The number of carbonyl (C=O) groups is 2. The molecule has 1 heterocycles. The molecule has 1 aliphatic carbocycles. The third-order valence-electron chi connectivity index (χ3n) is 5.91. The van der Waals surface area contributed by atoms with Gasteiger partial charge in [-0.1, -0.05) is 31.9 Å². The van der Waals surface area contributed by atoms with Crippen LogP contribution in [0.4, 0.5) is 14.9 Å². The fourth-order valence-corrected chi connectivity index (χ4v) is 4.17. The minimum Gasteiger partial charge on any atom is -0.507 e. The fraction of sp³-hybridized carbons (Fsp3) is 0.320. The molecule has 33 heavy (non-hydrogen) atoms. The minimum atomic E-state index is -0.414. The molecule has 0 radical (unpaired) electrons. The maximum atomic E-state index is 13.5. The molecule has 1 saturated carbocycles. The number of aromatic nitrogens is 2. The van der Waals surface area contributed by atoms with Crippen molar-refractivity contribution in [1.82, 2.24) is 15.1 Å². The van der Waals surface area contributed by atoms with Crippen molar-refractivity contribution in [2.24, 2.45) is 0 Å². The van der Waals surface area contributed by atoms with Crippen molar-refractivity contribution in [1.29, 1.82) is 0 Å². The van der Waals surface area contributed by atoms with Gasteiger partial charge < -0.3 is 15.7 Å². The molecule has 8 heteroatoms. The Kier molecular flexibility index (Phi) is 6.72. The van der Waals surface area contributed by atoms with Crippen LogP contribution in [0.3, 0.4) is 0 Å². The summed E-state index contributed by atoms with van der Waals surface area (Å²) in [6, 6.07) is 12.3. The number of benzene rings is 2. The molecule has 3 aromatic rings. The first kappa shape index (κ1) is 22.5. The van der Waals surface area contributed by atoms with Gasteiger partial charge in [0, 0.05) is 30.1 Å². The van der Waals surface area contributed by atoms with Gasteiger partial charge in [-0.15, -0.1) is 0 Å². The van der Waals surface area contributed by atoms with Gasteiger partial charge in [-0.3, -0.25) is 4.79 Å². The highest BCUT2D eigenvalue weighted by Crippen LogP contribution is 2.38. The standard InChI is InChI=1S/C25H27FN4O3/c1-2-24(32)28-19-10-11-23(31)20(13-19)21-14-22(17-7-3-4-8-17)30(29-21)25(33)27-15-16-6-5-9-18(26)12-16/h5-6,9-14,17,31H,2-4,7-8,15H2,1H3,(H,27,33)(H,28,32). The Morgan fingerprint density at radius 3 is 2.67 bits per heavy atom. The SMILES string of the molecule is CCC(=O)Nc1ccc(O)c(-c2cc(C3CCCC3)n(C(=O)NCc3cccc(F)c3)n2)c1. The Hall–Kier alpha value is -3.68. The van der Waals surface area contributed by atoms with Crippen molar-refractivity contribution in [2.45, 2.75) is 51.5 Å². The van der Waals surface area contributed by atoms with Gasteiger partial charge in [-0.2, -0.15) is 9.78 Å². The van der Waals surface area contributed by atoms with Crippen molar-refractivity contribution in [3.05, 3.63) is 65.6 Å². The summed E-state index contributed by atoms with van der Waals surface area (Å²) in [5, 5.41) is 20.6. The lowest BCUT2D eigenvalue weighted by molar-refractivity contribution is -0.115. The number of aromatic hydroxyl groups is 1. The van der Waals surface area contributed by atoms with E-state index >= 15 is 0 Å². The largest absolute Gasteiger partial charge is 0.507 e. The summed E-state index contributed by atoms with van der Waals surface area (Å²) in [4.78, 5) is 24.8. The monoisotopic (exact) mass is 450 g/mol. The topological polar surface area (TPSA) is 96.2 Å². The lowest BCUT2D eigenvalue weighted by Gasteiger charge is -2.12. The molecule has 0 bridgehead atoms. The molecule has 7 nitrogen and oxygen atoms in total. The van der Waals surface area contributed by atoms with Gasteiger partial charge in [0.25, 0.3) is 0 Å². The zero-order chi connectivity index (χ0) is 23.4. The average molecular weight is 451 g/mol. The number of amides is 2. The number of hydrogen-bond acceptors (Lipinski definition) is 4. The Labute approximate surface area is 191 Å². The second-order valence-corrected chi connectivity index (χ2v) is 8.27. The van der Waals surface area contributed by atoms with Gasteiger partial charge in [0.1, 0.15) is 11.6 Å². The summed E-state index contributed by atoms with van der Waals surface area (Å²) in [6.07, 6.45) is 4.42. The quantitative estimate of drug-likeness (QED) is 0.452. The van der Waals surface area contributed by atoms with Crippen LogP contribution in [0.2, 0.25) is 0 Å². The first-order valence-corrected chi connectivity index (χ1v) is 11.2. The molecule has 0 spiro atoms. The van der Waals surface area contributed by atoms with Crippen LogP contribution in [0.5, 0.6) is 5.75 Å². The summed E-state index contributed by atoms with van der Waals surface area (Å²) in [5.41, 5.74) is 2.85. The van der Waals surface area contributed by atoms with E-state index < -0.39 is 6.03 Å². The van der Waals surface area contributed by atoms with Gasteiger partial charge in [0.05, 0.1) is 11.4 Å². The second-order valence-electron chi connectivity index (χ2n) is 8.27. The highest BCUT2D eigenvalue weighted by atomic mass is 19.1. The molecule has 1 aliphatic rings. The second kappa shape index (κ2) is 9.85. The third-order valence-corrected chi connectivity index (χ3v) is 5.91. The average Bonchev–Trinajstić information content (AvgIpc) is 3.49. The summed E-state index contributed by atoms with van der Waals surface area (Å²) in [6.45, 7) is 1.92. The maximum absolute atomic E-state index is 13.5. The number of rotatable bonds is 6. The van der Waals surface area contributed by atoms with Gasteiger partial charge in [0.2, 0.25) is 5.91 Å². The lowest BCUT2D eigenvalue weighted by Crippen LogP contribution is -2.30. The maximum Gasteiger partial charge on any atom is 0.342 e. The molecule has 2 aromatic carbocycles. The van der Waals surface area contributed by atoms with E-state index in [1.807, 2.05) is 6.07 Å². The Morgan fingerprint density at radius 1 is 1.15 bits per heavy atom. The van der Waals surface area contributed by atoms with Crippen LogP contribution in [0.15, 0.2) is 48.5 Å². The minimum absolute atomic E-state index is 0.00675. The van der Waals surface area contributed by atoms with Gasteiger partial charge >= 0.3 is 6.03 Å². The zero-order valence-electron chi connectivity index (χ0n) is 18.5. The van der Waals surface area contributed by atoms with Crippen LogP contribution in [0.1, 0.15) is 56.2 Å². The van der Waals surface area contributed by atoms with Crippen LogP contribution in [0, 0.1) is 5.82 Å². The van der Waals surface area contributed by atoms with Crippen molar-refractivity contribution in [3.8, 4) is 17.0 Å². The highest BCUT2D eigenvalue weighted by molar-refractivity contribution is 5.91. The van der Waals surface area contributed by atoms with E-state index in [1.54, 1.807) is 31.2 Å². The Balaban J connectivity index is 1.64. The first-order chi connectivity index (χ1) is 15.9. The van der Waals surface area contributed by atoms with Crippen LogP contribution in [0.25, 0.3) is 11.3 Å². The number of anilines is 1. The predicted octanol–water partition coefficient (Wildman–Crippen LogP) is 5.16. The van der Waals surface area contributed by atoms with Crippen LogP contribution in [-0.4, -0.2) is 26.8 Å². The highest BCUT2D eigenvalue weighted by Gasteiger charge is 2.26. The predicted molar refractivity (Wildman–Crippen MR) is 123 cm³/mol. The molecule has 172 valence electrons. The van der Waals surface area contributed by atoms with E-state index in [0.29, 0.717) is 28.9 Å². The number of hydrogen-bond donors (Lipinski definition) is 3. The molecule has 0 atom stereocenters. The van der Waals surface area contributed by atoms with E-state index in [9.17, 15) is 19.1 Å². The van der Waals surface area contributed by atoms with Crippen LogP contribution in [-0.2, 0) is 11.3 Å². The lowest BCUT2D eigenvalue weighted by atomic mass is 10.0. The molecule has 0 saturated heterocycles. The molecule has 0 unspecified atom stereocenters. The number of phenolic OH excluding ortho intramolecular Hbond substituents is 1. The van der Waals surface area contributed by atoms with Gasteiger partial charge in [-0.05, 0) is 54.8 Å².